The number of anilines is 1. The fourth-order valence-corrected chi connectivity index (χ4v) is 5.63. The third-order valence-electron chi connectivity index (χ3n) is 4.39. The van der Waals surface area contributed by atoms with E-state index in [-0.39, 0.29) is 10.8 Å². The summed E-state index contributed by atoms with van der Waals surface area (Å²) in [7, 11) is -3.91. The number of nitrogen functional groups attached to an aromatic ring is 1. The molecule has 6 nitrogen and oxygen atoms in total. The summed E-state index contributed by atoms with van der Waals surface area (Å²) < 4.78 is 35.7. The Kier molecular flexibility index (Phi) is 5.64. The smallest absolute Gasteiger partial charge is 0.324 e. The number of thiophene rings is 1. The Balaban J connectivity index is 1.96. The standard InChI is InChI=1S/C21H26N2O4S2/c1-12(2)19(20(24)27-21(3,4)5)23-29(25,26)14-7-9-16-15-8-6-13(22)10-17(15)28-18(16)11-14/h6-12,19,23H,22H2,1-5H3. The summed E-state index contributed by atoms with van der Waals surface area (Å²) in [5.74, 6) is -0.856. The van der Waals surface area contributed by atoms with Crippen molar-refractivity contribution in [1.82, 2.24) is 4.72 Å². The largest absolute Gasteiger partial charge is 0.459 e. The second kappa shape index (κ2) is 7.59. The highest BCUT2D eigenvalue weighted by atomic mass is 32.2. The Morgan fingerprint density at radius 3 is 2.24 bits per heavy atom. The number of nitrogens with one attached hydrogen (secondary N) is 1. The molecule has 29 heavy (non-hydrogen) atoms. The van der Waals surface area contributed by atoms with Crippen molar-refractivity contribution in [2.75, 3.05) is 5.73 Å². The van der Waals surface area contributed by atoms with Crippen molar-refractivity contribution >= 4 is 53.2 Å². The normalized spacial score (nSPS) is 13.9. The van der Waals surface area contributed by atoms with Gasteiger partial charge in [0.1, 0.15) is 11.6 Å². The van der Waals surface area contributed by atoms with Gasteiger partial charge in [-0.2, -0.15) is 4.72 Å². The van der Waals surface area contributed by atoms with E-state index >= 15 is 0 Å². The molecule has 0 aliphatic rings. The van der Waals surface area contributed by atoms with Crippen molar-refractivity contribution in [2.45, 2.75) is 51.2 Å². The number of nitrogens with two attached hydrogens (primary N) is 1. The number of benzene rings is 2. The SMILES string of the molecule is CC(C)C(NS(=O)(=O)c1ccc2c(c1)sc1cc(N)ccc12)C(=O)OC(C)(C)C. The van der Waals surface area contributed by atoms with Crippen molar-refractivity contribution in [3.63, 3.8) is 0 Å². The number of esters is 1. The Hall–Kier alpha value is -2.16. The number of ether oxygens (including phenoxy) is 1. The summed E-state index contributed by atoms with van der Waals surface area (Å²) in [4.78, 5) is 12.6. The van der Waals surface area contributed by atoms with Crippen molar-refractivity contribution in [3.8, 4) is 0 Å². The van der Waals surface area contributed by atoms with Gasteiger partial charge in [0.05, 0.1) is 4.90 Å². The number of sulfonamides is 1. The lowest BCUT2D eigenvalue weighted by Crippen LogP contribution is -2.47. The molecule has 0 bridgehead atoms. The molecule has 3 N–H and O–H groups in total. The first-order valence-electron chi connectivity index (χ1n) is 9.34. The minimum Gasteiger partial charge on any atom is -0.459 e. The van der Waals surface area contributed by atoms with Gasteiger partial charge >= 0.3 is 5.97 Å². The van der Waals surface area contributed by atoms with Crippen LogP contribution in [-0.4, -0.2) is 26.0 Å². The summed E-state index contributed by atoms with van der Waals surface area (Å²) in [5, 5.41) is 2.00. The molecule has 0 spiro atoms. The first-order chi connectivity index (χ1) is 13.4. The van der Waals surface area contributed by atoms with E-state index < -0.39 is 27.6 Å². The number of fused-ring (bicyclic) bond motifs is 3. The number of rotatable bonds is 5. The summed E-state index contributed by atoms with van der Waals surface area (Å²) in [6, 6.07) is 9.64. The number of carbonyl (C=O) groups is 1. The third kappa shape index (κ3) is 4.71. The molecule has 2 aromatic carbocycles. The zero-order valence-corrected chi connectivity index (χ0v) is 18.8. The minimum absolute atomic E-state index is 0.110. The first kappa shape index (κ1) is 21.5. The first-order valence-corrected chi connectivity index (χ1v) is 11.6. The van der Waals surface area contributed by atoms with Gasteiger partial charge in [0.25, 0.3) is 0 Å². The van der Waals surface area contributed by atoms with Crippen LogP contribution >= 0.6 is 11.3 Å². The Morgan fingerprint density at radius 1 is 1.07 bits per heavy atom. The molecule has 1 atom stereocenters. The molecule has 0 amide bonds. The fraction of sp³-hybridized carbons (Fsp3) is 0.381. The lowest BCUT2D eigenvalue weighted by Gasteiger charge is -2.26. The Bertz CT molecular complexity index is 1170. The number of hydrogen-bond donors (Lipinski definition) is 2. The molecule has 0 aliphatic carbocycles. The van der Waals surface area contributed by atoms with Gasteiger partial charge in [-0.1, -0.05) is 26.0 Å². The van der Waals surface area contributed by atoms with E-state index in [0.717, 1.165) is 20.2 Å². The second-order valence-corrected chi connectivity index (χ2v) is 11.2. The quantitative estimate of drug-likeness (QED) is 0.461. The zero-order chi connectivity index (χ0) is 21.6. The van der Waals surface area contributed by atoms with Crippen LogP contribution in [0.4, 0.5) is 5.69 Å². The summed E-state index contributed by atoms with van der Waals surface area (Å²) in [6.45, 7) is 8.80. The molecule has 8 heteroatoms. The molecule has 156 valence electrons. The molecule has 0 saturated heterocycles. The van der Waals surface area contributed by atoms with Crippen LogP contribution in [-0.2, 0) is 19.6 Å². The maximum Gasteiger partial charge on any atom is 0.324 e. The molecule has 1 unspecified atom stereocenters. The summed E-state index contributed by atoms with van der Waals surface area (Å²) in [5.41, 5.74) is 5.82. The highest BCUT2D eigenvalue weighted by molar-refractivity contribution is 7.89. The topological polar surface area (TPSA) is 98.5 Å². The van der Waals surface area contributed by atoms with Crippen LogP contribution in [0.1, 0.15) is 34.6 Å². The van der Waals surface area contributed by atoms with Gasteiger partial charge in [-0.05, 0) is 51.0 Å². The van der Waals surface area contributed by atoms with E-state index in [2.05, 4.69) is 4.72 Å². The molecule has 0 fully saturated rings. The molecule has 3 aromatic rings. The second-order valence-electron chi connectivity index (χ2n) is 8.39. The molecule has 3 rings (SSSR count). The Morgan fingerprint density at radius 2 is 1.66 bits per heavy atom. The fourth-order valence-electron chi connectivity index (χ4n) is 3.00. The number of carbonyl (C=O) groups excluding carboxylic acids is 1. The third-order valence-corrected chi connectivity index (χ3v) is 6.94. The van der Waals surface area contributed by atoms with Gasteiger partial charge in [-0.3, -0.25) is 4.79 Å². The van der Waals surface area contributed by atoms with Crippen LogP contribution in [0.2, 0.25) is 0 Å². The van der Waals surface area contributed by atoms with Crippen molar-refractivity contribution in [1.29, 1.82) is 0 Å². The van der Waals surface area contributed by atoms with Crippen LogP contribution in [0.15, 0.2) is 41.3 Å². The van der Waals surface area contributed by atoms with Gasteiger partial charge in [-0.25, -0.2) is 8.42 Å². The summed E-state index contributed by atoms with van der Waals surface area (Å²) in [6.07, 6.45) is 0. The van der Waals surface area contributed by atoms with Crippen molar-refractivity contribution < 1.29 is 17.9 Å². The van der Waals surface area contributed by atoms with Gasteiger partial charge in [0, 0.05) is 25.9 Å². The average molecular weight is 435 g/mol. The van der Waals surface area contributed by atoms with E-state index in [1.54, 1.807) is 52.8 Å². The predicted octanol–water partition coefficient (Wildman–Crippen LogP) is 4.28. The molecule has 1 aromatic heterocycles. The zero-order valence-electron chi connectivity index (χ0n) is 17.1. The van der Waals surface area contributed by atoms with E-state index in [9.17, 15) is 13.2 Å². The average Bonchev–Trinajstić information content (AvgIpc) is 2.94. The highest BCUT2D eigenvalue weighted by Gasteiger charge is 2.32. The maximum atomic E-state index is 13.0. The monoisotopic (exact) mass is 434 g/mol. The lowest BCUT2D eigenvalue weighted by molar-refractivity contribution is -0.158. The van der Waals surface area contributed by atoms with Crippen LogP contribution in [0.3, 0.4) is 0 Å². The van der Waals surface area contributed by atoms with Crippen LogP contribution in [0.25, 0.3) is 20.2 Å². The molecule has 0 aliphatic heterocycles. The predicted molar refractivity (Wildman–Crippen MR) is 119 cm³/mol. The van der Waals surface area contributed by atoms with Crippen molar-refractivity contribution in [3.05, 3.63) is 36.4 Å². The van der Waals surface area contributed by atoms with Gasteiger partial charge in [-0.15, -0.1) is 11.3 Å². The van der Waals surface area contributed by atoms with Crippen LogP contribution < -0.4 is 10.5 Å². The minimum atomic E-state index is -3.91. The lowest BCUT2D eigenvalue weighted by atomic mass is 10.1. The molecular weight excluding hydrogens is 408 g/mol. The van der Waals surface area contributed by atoms with Crippen LogP contribution in [0.5, 0.6) is 0 Å². The Labute approximate surface area is 175 Å². The molecule has 0 radical (unpaired) electrons. The van der Waals surface area contributed by atoms with Crippen LogP contribution in [0, 0.1) is 5.92 Å². The molecular formula is C21H26N2O4S2. The van der Waals surface area contributed by atoms with Gasteiger partial charge in [0.2, 0.25) is 10.0 Å². The van der Waals surface area contributed by atoms with E-state index in [1.165, 1.54) is 11.3 Å². The van der Waals surface area contributed by atoms with Gasteiger partial charge in [0.15, 0.2) is 0 Å². The highest BCUT2D eigenvalue weighted by Crippen LogP contribution is 2.36. The van der Waals surface area contributed by atoms with Gasteiger partial charge < -0.3 is 10.5 Å². The van der Waals surface area contributed by atoms with E-state index in [0.29, 0.717) is 5.69 Å². The van der Waals surface area contributed by atoms with Crippen molar-refractivity contribution in [2.24, 2.45) is 5.92 Å². The van der Waals surface area contributed by atoms with E-state index in [4.69, 9.17) is 10.5 Å². The maximum absolute atomic E-state index is 13.0. The number of hydrogen-bond acceptors (Lipinski definition) is 6. The summed E-state index contributed by atoms with van der Waals surface area (Å²) >= 11 is 1.48. The molecule has 1 heterocycles. The molecule has 0 saturated carbocycles. The van der Waals surface area contributed by atoms with E-state index in [1.807, 2.05) is 18.2 Å².